The second-order valence-electron chi connectivity index (χ2n) is 5.18. The van der Waals surface area contributed by atoms with Crippen LogP contribution in [0.1, 0.15) is 45.8 Å². The van der Waals surface area contributed by atoms with Gasteiger partial charge in [0.1, 0.15) is 5.56 Å². The Hall–Kier alpha value is -0.996. The van der Waals surface area contributed by atoms with Crippen molar-refractivity contribution in [3.8, 4) is 0 Å². The fraction of sp³-hybridized carbons (Fsp3) is 0.333. The van der Waals surface area contributed by atoms with Crippen molar-refractivity contribution in [3.63, 3.8) is 0 Å². The van der Waals surface area contributed by atoms with Crippen LogP contribution in [0, 0.1) is 19.9 Å². The Morgan fingerprint density at radius 1 is 1.40 bits per heavy atom. The Balaban J connectivity index is 0.00000147. The molecule has 1 fully saturated rings. The number of nitrogens with zero attached hydrogens (tertiary/aromatic N) is 1. The van der Waals surface area contributed by atoms with E-state index in [1.54, 1.807) is 12.3 Å². The minimum atomic E-state index is -1.16. The van der Waals surface area contributed by atoms with Gasteiger partial charge in [0.05, 0.1) is 0 Å². The SMILES string of the molecule is Cc1[c-]c(C)c2c(C3CC3)cc(C(=O)O)c(=O)n2c1.[Y]. The van der Waals surface area contributed by atoms with Crippen molar-refractivity contribution in [1.82, 2.24) is 4.40 Å². The molecule has 2 aromatic heterocycles. The van der Waals surface area contributed by atoms with E-state index < -0.39 is 11.5 Å². The molecule has 0 bridgehead atoms. The average molecular weight is 345 g/mol. The van der Waals surface area contributed by atoms with Gasteiger partial charge in [-0.1, -0.05) is 31.1 Å². The van der Waals surface area contributed by atoms with Gasteiger partial charge in [0, 0.05) is 32.7 Å². The van der Waals surface area contributed by atoms with E-state index in [1.807, 2.05) is 13.8 Å². The van der Waals surface area contributed by atoms with Crippen LogP contribution in [0.2, 0.25) is 0 Å². The number of carboxylic acid groups (broad SMARTS) is 1. The zero-order valence-corrected chi connectivity index (χ0v) is 14.3. The predicted octanol–water partition coefficient (Wildman–Crippen LogP) is 2.29. The molecule has 1 saturated carbocycles. The number of aryl methyl sites for hydroxylation is 2. The van der Waals surface area contributed by atoms with Gasteiger partial charge < -0.3 is 9.51 Å². The fourth-order valence-electron chi connectivity index (χ4n) is 2.62. The third kappa shape index (κ3) is 2.47. The van der Waals surface area contributed by atoms with E-state index in [2.05, 4.69) is 6.07 Å². The number of carboxylic acids is 1. The smallest absolute Gasteiger partial charge is 0.341 e. The molecule has 0 aromatic carbocycles. The first-order chi connectivity index (χ1) is 8.99. The van der Waals surface area contributed by atoms with Crippen LogP contribution in [0.3, 0.4) is 0 Å². The van der Waals surface area contributed by atoms with Crippen LogP contribution in [0.15, 0.2) is 17.1 Å². The first-order valence-electron chi connectivity index (χ1n) is 6.31. The molecule has 1 aliphatic rings. The van der Waals surface area contributed by atoms with Gasteiger partial charge >= 0.3 is 5.97 Å². The number of aromatic carboxylic acids is 1. The first-order valence-corrected chi connectivity index (χ1v) is 6.31. The second kappa shape index (κ2) is 5.42. The molecule has 1 aliphatic carbocycles. The molecule has 3 rings (SSSR count). The Morgan fingerprint density at radius 3 is 2.60 bits per heavy atom. The minimum absolute atomic E-state index is 0. The van der Waals surface area contributed by atoms with Gasteiger partial charge in [-0.15, -0.1) is 11.1 Å². The normalized spacial score (nSPS) is 14.1. The maximum Gasteiger partial charge on any atom is 0.341 e. The Labute approximate surface area is 141 Å². The van der Waals surface area contributed by atoms with E-state index in [0.717, 1.165) is 35.0 Å². The first kappa shape index (κ1) is 15.4. The van der Waals surface area contributed by atoms with E-state index in [-0.39, 0.29) is 38.3 Å². The molecule has 101 valence electrons. The topological polar surface area (TPSA) is 58.8 Å². The summed E-state index contributed by atoms with van der Waals surface area (Å²) in [5.41, 5.74) is 2.90. The molecular formula is C15H14NO3Y-. The van der Waals surface area contributed by atoms with Gasteiger partial charge in [-0.3, -0.25) is 4.79 Å². The van der Waals surface area contributed by atoms with Crippen molar-refractivity contribution in [1.29, 1.82) is 0 Å². The van der Waals surface area contributed by atoms with Crippen molar-refractivity contribution < 1.29 is 42.6 Å². The third-order valence-electron chi connectivity index (χ3n) is 3.57. The standard InChI is InChI=1S/C15H14NO3.Y/c1-8-5-9(2)13-11(10-3-4-10)6-12(15(18)19)14(17)16(13)7-8;/h6-7,10H,3-4H2,1-2H3,(H,18,19);/q-1;. The van der Waals surface area contributed by atoms with E-state index in [1.165, 1.54) is 4.40 Å². The summed E-state index contributed by atoms with van der Waals surface area (Å²) >= 11 is 0. The number of rotatable bonds is 2. The summed E-state index contributed by atoms with van der Waals surface area (Å²) < 4.78 is 1.47. The molecular weight excluding hydrogens is 331 g/mol. The average Bonchev–Trinajstić information content (AvgIpc) is 3.13. The van der Waals surface area contributed by atoms with E-state index in [0.29, 0.717) is 5.92 Å². The summed E-state index contributed by atoms with van der Waals surface area (Å²) in [6.07, 6.45) is 3.78. The zero-order chi connectivity index (χ0) is 13.7. The van der Waals surface area contributed by atoms with Crippen LogP contribution in [0.25, 0.3) is 5.52 Å². The molecule has 0 saturated heterocycles. The van der Waals surface area contributed by atoms with Crippen molar-refractivity contribution in [2.75, 3.05) is 0 Å². The van der Waals surface area contributed by atoms with Crippen LogP contribution >= 0.6 is 0 Å². The van der Waals surface area contributed by atoms with E-state index in [4.69, 9.17) is 5.11 Å². The molecule has 5 heteroatoms. The van der Waals surface area contributed by atoms with Crippen LogP contribution in [0.5, 0.6) is 0 Å². The summed E-state index contributed by atoms with van der Waals surface area (Å²) in [6.45, 7) is 3.76. The van der Waals surface area contributed by atoms with Gasteiger partial charge in [-0.2, -0.15) is 6.07 Å². The number of hydrogen-bond donors (Lipinski definition) is 1. The molecule has 0 atom stereocenters. The number of aromatic nitrogens is 1. The third-order valence-corrected chi connectivity index (χ3v) is 3.57. The van der Waals surface area contributed by atoms with Crippen molar-refractivity contribution in [3.05, 3.63) is 50.9 Å². The zero-order valence-electron chi connectivity index (χ0n) is 11.4. The molecule has 1 N–H and O–H groups in total. The summed E-state index contributed by atoms with van der Waals surface area (Å²) in [6, 6.07) is 4.75. The number of fused-ring (bicyclic) bond motifs is 1. The number of hydrogen-bond acceptors (Lipinski definition) is 2. The number of pyridine rings is 2. The van der Waals surface area contributed by atoms with Gasteiger partial charge in [0.15, 0.2) is 0 Å². The summed E-state index contributed by atoms with van der Waals surface area (Å²) in [4.78, 5) is 23.4. The summed E-state index contributed by atoms with van der Waals surface area (Å²) in [7, 11) is 0. The van der Waals surface area contributed by atoms with Gasteiger partial charge in [-0.25, -0.2) is 4.79 Å². The summed E-state index contributed by atoms with van der Waals surface area (Å²) in [5.74, 6) is -0.784. The Morgan fingerprint density at radius 2 is 2.05 bits per heavy atom. The maximum absolute atomic E-state index is 12.2. The Kier molecular flexibility index (Phi) is 4.17. The van der Waals surface area contributed by atoms with Crippen LogP contribution < -0.4 is 5.56 Å². The molecule has 20 heavy (non-hydrogen) atoms. The van der Waals surface area contributed by atoms with Crippen LogP contribution in [-0.4, -0.2) is 15.5 Å². The van der Waals surface area contributed by atoms with Gasteiger partial charge in [0.2, 0.25) is 5.56 Å². The van der Waals surface area contributed by atoms with Crippen LogP contribution in [-0.2, 0) is 32.7 Å². The minimum Gasteiger partial charge on any atom is -0.477 e. The van der Waals surface area contributed by atoms with E-state index >= 15 is 0 Å². The molecule has 2 aromatic rings. The molecule has 0 unspecified atom stereocenters. The molecule has 0 amide bonds. The monoisotopic (exact) mass is 345 g/mol. The van der Waals surface area contributed by atoms with Crippen molar-refractivity contribution in [2.45, 2.75) is 32.6 Å². The van der Waals surface area contributed by atoms with E-state index in [9.17, 15) is 9.59 Å². The molecule has 2 heterocycles. The second-order valence-corrected chi connectivity index (χ2v) is 5.18. The maximum atomic E-state index is 12.2. The Bertz CT molecular complexity index is 760. The van der Waals surface area contributed by atoms with Gasteiger partial charge in [-0.05, 0) is 24.8 Å². The molecule has 0 spiro atoms. The number of carbonyl (C=O) groups is 1. The van der Waals surface area contributed by atoms with Crippen molar-refractivity contribution >= 4 is 11.5 Å². The van der Waals surface area contributed by atoms with Crippen molar-refractivity contribution in [2.24, 2.45) is 0 Å². The summed E-state index contributed by atoms with van der Waals surface area (Å²) in [5, 5.41) is 9.17. The predicted molar refractivity (Wildman–Crippen MR) is 70.9 cm³/mol. The molecule has 4 nitrogen and oxygen atoms in total. The molecule has 0 aliphatic heterocycles. The largest absolute Gasteiger partial charge is 0.477 e. The quantitative estimate of drug-likeness (QED) is 0.850. The molecule has 1 radical (unpaired) electrons. The fourth-order valence-corrected chi connectivity index (χ4v) is 2.62. The van der Waals surface area contributed by atoms with Gasteiger partial charge in [0.25, 0.3) is 0 Å². The van der Waals surface area contributed by atoms with Crippen LogP contribution in [0.4, 0.5) is 0 Å².